The topological polar surface area (TPSA) is 55.4 Å². The molecular formula is C11H13NO3S. The molecule has 16 heavy (non-hydrogen) atoms. The highest BCUT2D eigenvalue weighted by molar-refractivity contribution is 7.92. The molecule has 3 rings (SSSR count). The largest absolute Gasteiger partial charge is 0.488 e. The minimum Gasteiger partial charge on any atom is -0.488 e. The first-order valence-electron chi connectivity index (χ1n) is 5.32. The van der Waals surface area contributed by atoms with E-state index in [1.54, 1.807) is 0 Å². The van der Waals surface area contributed by atoms with Crippen molar-refractivity contribution in [1.29, 1.82) is 0 Å². The van der Waals surface area contributed by atoms with Gasteiger partial charge in [0.25, 0.3) is 0 Å². The van der Waals surface area contributed by atoms with Crippen LogP contribution in [-0.2, 0) is 22.9 Å². The highest BCUT2D eigenvalue weighted by Gasteiger charge is 2.35. The summed E-state index contributed by atoms with van der Waals surface area (Å²) in [7, 11) is -2.80. The molecule has 1 saturated heterocycles. The first-order valence-corrected chi connectivity index (χ1v) is 7.14. The lowest BCUT2D eigenvalue weighted by molar-refractivity contribution is 0.230. The van der Waals surface area contributed by atoms with E-state index in [-0.39, 0.29) is 17.6 Å². The molecule has 2 aliphatic heterocycles. The summed E-state index contributed by atoms with van der Waals surface area (Å²) in [5.41, 5.74) is 2.55. The van der Waals surface area contributed by atoms with Gasteiger partial charge in [0, 0.05) is 13.1 Å². The van der Waals surface area contributed by atoms with Crippen molar-refractivity contribution < 1.29 is 13.2 Å². The maximum Gasteiger partial charge on any atom is 0.157 e. The van der Waals surface area contributed by atoms with E-state index in [4.69, 9.17) is 4.74 Å². The van der Waals surface area contributed by atoms with Crippen LogP contribution in [-0.4, -0.2) is 26.0 Å². The van der Waals surface area contributed by atoms with Crippen LogP contribution in [0.3, 0.4) is 0 Å². The lowest BCUT2D eigenvalue weighted by atomic mass is 10.1. The molecule has 0 aromatic heterocycles. The molecule has 0 radical (unpaired) electrons. The molecule has 5 heteroatoms. The van der Waals surface area contributed by atoms with Crippen molar-refractivity contribution in [2.45, 2.75) is 19.2 Å². The van der Waals surface area contributed by atoms with Gasteiger partial charge in [0.2, 0.25) is 0 Å². The van der Waals surface area contributed by atoms with Crippen molar-refractivity contribution >= 4 is 9.84 Å². The summed E-state index contributed by atoms with van der Waals surface area (Å²) in [5.74, 6) is 1.09. The van der Waals surface area contributed by atoms with Crippen molar-refractivity contribution in [3.63, 3.8) is 0 Å². The molecule has 0 aliphatic carbocycles. The Labute approximate surface area is 94.5 Å². The van der Waals surface area contributed by atoms with Gasteiger partial charge in [0.1, 0.15) is 11.9 Å². The summed E-state index contributed by atoms with van der Waals surface area (Å²) >= 11 is 0. The van der Waals surface area contributed by atoms with Crippen molar-refractivity contribution in [2.24, 2.45) is 0 Å². The van der Waals surface area contributed by atoms with Gasteiger partial charge in [-0.2, -0.15) is 0 Å². The van der Waals surface area contributed by atoms with Gasteiger partial charge in [-0.1, -0.05) is 6.07 Å². The highest BCUT2D eigenvalue weighted by Crippen LogP contribution is 2.24. The number of fused-ring (bicyclic) bond motifs is 1. The second-order valence-electron chi connectivity index (χ2n) is 4.35. The van der Waals surface area contributed by atoms with E-state index in [2.05, 4.69) is 5.32 Å². The fraction of sp³-hybridized carbons (Fsp3) is 0.455. The number of benzene rings is 1. The Bertz CT molecular complexity index is 512. The Morgan fingerprint density at radius 1 is 1.19 bits per heavy atom. The van der Waals surface area contributed by atoms with Crippen LogP contribution in [0.25, 0.3) is 0 Å². The van der Waals surface area contributed by atoms with Crippen LogP contribution in [0.4, 0.5) is 0 Å². The molecule has 1 fully saturated rings. The van der Waals surface area contributed by atoms with Gasteiger partial charge in [0.15, 0.2) is 9.84 Å². The van der Waals surface area contributed by atoms with Gasteiger partial charge >= 0.3 is 0 Å². The van der Waals surface area contributed by atoms with E-state index in [1.165, 1.54) is 11.1 Å². The molecule has 2 heterocycles. The summed E-state index contributed by atoms with van der Waals surface area (Å²) in [4.78, 5) is 0. The maximum atomic E-state index is 11.0. The van der Waals surface area contributed by atoms with Crippen LogP contribution >= 0.6 is 0 Å². The lowest BCUT2D eigenvalue weighted by Gasteiger charge is -2.26. The molecular weight excluding hydrogens is 226 g/mol. The number of ether oxygens (including phenoxy) is 1. The SMILES string of the molecule is O=S1(=O)CC(Oc2ccc3c(c2)CNC3)C1. The minimum absolute atomic E-state index is 0.155. The van der Waals surface area contributed by atoms with Gasteiger partial charge in [-0.15, -0.1) is 0 Å². The monoisotopic (exact) mass is 239 g/mol. The van der Waals surface area contributed by atoms with Crippen LogP contribution in [0.1, 0.15) is 11.1 Å². The summed E-state index contributed by atoms with van der Waals surface area (Å²) in [5, 5.41) is 3.26. The average Bonchev–Trinajstić information content (AvgIpc) is 2.61. The number of hydrogen-bond acceptors (Lipinski definition) is 4. The molecule has 86 valence electrons. The van der Waals surface area contributed by atoms with Gasteiger partial charge < -0.3 is 10.1 Å². The average molecular weight is 239 g/mol. The zero-order valence-electron chi connectivity index (χ0n) is 8.77. The fourth-order valence-electron chi connectivity index (χ4n) is 2.12. The Kier molecular flexibility index (Phi) is 2.19. The fourth-order valence-corrected chi connectivity index (χ4v) is 3.29. The number of rotatable bonds is 2. The van der Waals surface area contributed by atoms with Gasteiger partial charge in [-0.25, -0.2) is 8.42 Å². The Balaban J connectivity index is 1.72. The third-order valence-electron chi connectivity index (χ3n) is 2.99. The summed E-state index contributed by atoms with van der Waals surface area (Å²) in [6.45, 7) is 1.78. The molecule has 1 N–H and O–H groups in total. The van der Waals surface area contributed by atoms with E-state index in [9.17, 15) is 8.42 Å². The second kappa shape index (κ2) is 3.46. The number of sulfone groups is 1. The van der Waals surface area contributed by atoms with Crippen molar-refractivity contribution in [3.8, 4) is 5.75 Å². The molecule has 0 amide bonds. The van der Waals surface area contributed by atoms with E-state index in [0.717, 1.165) is 18.8 Å². The van der Waals surface area contributed by atoms with Gasteiger partial charge in [0.05, 0.1) is 11.5 Å². The van der Waals surface area contributed by atoms with Crippen molar-refractivity contribution in [3.05, 3.63) is 29.3 Å². The molecule has 4 nitrogen and oxygen atoms in total. The van der Waals surface area contributed by atoms with Gasteiger partial charge in [-0.05, 0) is 23.3 Å². The van der Waals surface area contributed by atoms with E-state index in [1.807, 2.05) is 18.2 Å². The smallest absolute Gasteiger partial charge is 0.157 e. The Hall–Kier alpha value is -1.07. The lowest BCUT2D eigenvalue weighted by Crippen LogP contribution is -2.45. The van der Waals surface area contributed by atoms with Crippen LogP contribution in [0.15, 0.2) is 18.2 Å². The van der Waals surface area contributed by atoms with Crippen LogP contribution < -0.4 is 10.1 Å². The standard InChI is InChI=1S/C11H13NO3S/c13-16(14)6-11(7-16)15-10-2-1-8-4-12-5-9(8)3-10/h1-3,11-12H,4-7H2. The molecule has 0 saturated carbocycles. The second-order valence-corrected chi connectivity index (χ2v) is 6.50. The maximum absolute atomic E-state index is 11.0. The van der Waals surface area contributed by atoms with E-state index in [0.29, 0.717) is 0 Å². The molecule has 2 aliphatic rings. The zero-order chi connectivity index (χ0) is 11.2. The first-order chi connectivity index (χ1) is 7.62. The summed E-state index contributed by atoms with van der Waals surface area (Å²) in [6, 6.07) is 5.95. The van der Waals surface area contributed by atoms with Crippen molar-refractivity contribution in [1.82, 2.24) is 5.32 Å². The molecule has 0 bridgehead atoms. The van der Waals surface area contributed by atoms with Crippen molar-refractivity contribution in [2.75, 3.05) is 11.5 Å². The zero-order valence-corrected chi connectivity index (χ0v) is 9.59. The third-order valence-corrected chi connectivity index (χ3v) is 4.75. The first kappa shape index (κ1) is 10.1. The quantitative estimate of drug-likeness (QED) is 0.815. The van der Waals surface area contributed by atoms with E-state index >= 15 is 0 Å². The molecule has 0 atom stereocenters. The minimum atomic E-state index is -2.80. The summed E-state index contributed by atoms with van der Waals surface area (Å²) < 4.78 is 27.6. The van der Waals surface area contributed by atoms with E-state index < -0.39 is 9.84 Å². The van der Waals surface area contributed by atoms with Gasteiger partial charge in [-0.3, -0.25) is 0 Å². The molecule has 0 unspecified atom stereocenters. The predicted molar refractivity (Wildman–Crippen MR) is 60.1 cm³/mol. The molecule has 0 spiro atoms. The summed E-state index contributed by atoms with van der Waals surface area (Å²) in [6.07, 6.45) is -0.155. The predicted octanol–water partition coefficient (Wildman–Crippen LogP) is 0.466. The number of nitrogens with one attached hydrogen (secondary N) is 1. The third kappa shape index (κ3) is 1.81. The molecule has 1 aromatic rings. The number of hydrogen-bond donors (Lipinski definition) is 1. The molecule has 1 aromatic carbocycles. The Morgan fingerprint density at radius 2 is 1.94 bits per heavy atom. The van der Waals surface area contributed by atoms with Crippen LogP contribution in [0, 0.1) is 0 Å². The normalized spacial score (nSPS) is 22.5. The van der Waals surface area contributed by atoms with Crippen LogP contribution in [0.2, 0.25) is 0 Å². The van der Waals surface area contributed by atoms with Crippen LogP contribution in [0.5, 0.6) is 5.75 Å². The highest BCUT2D eigenvalue weighted by atomic mass is 32.2. The Morgan fingerprint density at radius 3 is 2.69 bits per heavy atom.